The van der Waals surface area contributed by atoms with Crippen LogP contribution in [-0.4, -0.2) is 67.6 Å². The van der Waals surface area contributed by atoms with Crippen LogP contribution in [0.2, 0.25) is 0 Å². The quantitative estimate of drug-likeness (QED) is 0.283. The number of thiophene rings is 1. The molecule has 4 rings (SSSR count). The van der Waals surface area contributed by atoms with Gasteiger partial charge in [0.1, 0.15) is 0 Å². The lowest BCUT2D eigenvalue weighted by molar-refractivity contribution is 0.119. The van der Waals surface area contributed by atoms with E-state index in [0.717, 1.165) is 25.1 Å². The van der Waals surface area contributed by atoms with Crippen LogP contribution in [0.15, 0.2) is 22.5 Å². The highest BCUT2D eigenvalue weighted by atomic mass is 127. The lowest BCUT2D eigenvalue weighted by Crippen LogP contribution is -2.51. The van der Waals surface area contributed by atoms with Crippen LogP contribution in [0.25, 0.3) is 0 Å². The second kappa shape index (κ2) is 13.5. The summed E-state index contributed by atoms with van der Waals surface area (Å²) in [6, 6.07) is 6.42. The van der Waals surface area contributed by atoms with E-state index in [1.807, 2.05) is 11.3 Å². The van der Waals surface area contributed by atoms with Gasteiger partial charge in [-0.2, -0.15) is 0 Å². The number of aliphatic imine (C=N–C) groups is 1. The zero-order valence-corrected chi connectivity index (χ0v) is 23.2. The highest BCUT2D eigenvalue weighted by Crippen LogP contribution is 2.37. The summed E-state index contributed by atoms with van der Waals surface area (Å²) in [6.45, 7) is 7.69. The van der Waals surface area contributed by atoms with Gasteiger partial charge in [0.2, 0.25) is 0 Å². The van der Waals surface area contributed by atoms with Gasteiger partial charge in [0, 0.05) is 49.2 Å². The summed E-state index contributed by atoms with van der Waals surface area (Å²) >= 11 is 1.90. The molecule has 3 aliphatic rings. The molecule has 182 valence electrons. The van der Waals surface area contributed by atoms with Crippen LogP contribution in [0, 0.1) is 5.92 Å². The second-order valence-electron chi connectivity index (χ2n) is 9.81. The van der Waals surface area contributed by atoms with Gasteiger partial charge in [0.15, 0.2) is 5.96 Å². The van der Waals surface area contributed by atoms with E-state index >= 15 is 0 Å². The van der Waals surface area contributed by atoms with Gasteiger partial charge in [0.05, 0.1) is 0 Å². The Morgan fingerprint density at radius 1 is 1.06 bits per heavy atom. The molecule has 0 radical (unpaired) electrons. The van der Waals surface area contributed by atoms with Crippen molar-refractivity contribution in [3.63, 3.8) is 0 Å². The maximum atomic E-state index is 5.09. The molecule has 0 spiro atoms. The number of halogens is 1. The number of hydrogen-bond donors (Lipinski definition) is 2. The molecule has 5 nitrogen and oxygen atoms in total. The van der Waals surface area contributed by atoms with Crippen LogP contribution in [0.5, 0.6) is 0 Å². The third-order valence-electron chi connectivity index (χ3n) is 7.63. The Hall–Kier alpha value is -0.380. The van der Waals surface area contributed by atoms with Gasteiger partial charge in [-0.15, -0.1) is 35.3 Å². The number of likely N-dealkylation sites (tertiary alicyclic amines) is 2. The van der Waals surface area contributed by atoms with Crippen molar-refractivity contribution in [3.8, 4) is 0 Å². The molecule has 0 aromatic carbocycles. The molecule has 2 saturated heterocycles. The molecule has 2 unspecified atom stereocenters. The molecule has 1 saturated carbocycles. The predicted octanol–water partition coefficient (Wildman–Crippen LogP) is 5.10. The van der Waals surface area contributed by atoms with Crippen molar-refractivity contribution in [1.29, 1.82) is 0 Å². The maximum absolute atomic E-state index is 5.09. The first-order valence-corrected chi connectivity index (χ1v) is 13.6. The Morgan fingerprint density at radius 2 is 1.84 bits per heavy atom. The smallest absolute Gasteiger partial charge is 0.191 e. The zero-order valence-electron chi connectivity index (χ0n) is 20.1. The van der Waals surface area contributed by atoms with E-state index in [9.17, 15) is 0 Å². The van der Waals surface area contributed by atoms with Crippen LogP contribution in [0.3, 0.4) is 0 Å². The van der Waals surface area contributed by atoms with E-state index in [1.165, 1.54) is 82.3 Å². The average Bonchev–Trinajstić information content (AvgIpc) is 3.33. The fourth-order valence-corrected chi connectivity index (χ4v) is 6.92. The molecule has 7 heteroatoms. The van der Waals surface area contributed by atoms with Crippen molar-refractivity contribution in [3.05, 3.63) is 22.4 Å². The molecule has 0 amide bonds. The molecule has 32 heavy (non-hydrogen) atoms. The molecule has 3 fully saturated rings. The Morgan fingerprint density at radius 3 is 2.53 bits per heavy atom. The van der Waals surface area contributed by atoms with Crippen LogP contribution in [0.1, 0.15) is 75.6 Å². The minimum atomic E-state index is 0. The van der Waals surface area contributed by atoms with Gasteiger partial charge in [-0.3, -0.25) is 9.89 Å². The van der Waals surface area contributed by atoms with E-state index in [4.69, 9.17) is 4.99 Å². The summed E-state index contributed by atoms with van der Waals surface area (Å²) < 4.78 is 0. The Bertz CT molecular complexity index is 668. The lowest BCUT2D eigenvalue weighted by atomic mass is 9.88. The van der Waals surface area contributed by atoms with Crippen molar-refractivity contribution in [2.24, 2.45) is 10.9 Å². The summed E-state index contributed by atoms with van der Waals surface area (Å²) in [5.74, 6) is 1.62. The van der Waals surface area contributed by atoms with Crippen molar-refractivity contribution in [2.45, 2.75) is 82.8 Å². The van der Waals surface area contributed by atoms with E-state index in [-0.39, 0.29) is 24.0 Å². The molecular weight excluding hydrogens is 529 g/mol. The van der Waals surface area contributed by atoms with Gasteiger partial charge in [0.25, 0.3) is 0 Å². The Labute approximate surface area is 216 Å². The van der Waals surface area contributed by atoms with Crippen LogP contribution in [0.4, 0.5) is 0 Å². The largest absolute Gasteiger partial charge is 0.357 e. The summed E-state index contributed by atoms with van der Waals surface area (Å²) in [7, 11) is 2.28. The molecule has 1 aliphatic carbocycles. The number of nitrogens with zero attached hydrogens (tertiary/aromatic N) is 3. The molecule has 0 bridgehead atoms. The van der Waals surface area contributed by atoms with Gasteiger partial charge >= 0.3 is 0 Å². The molecule has 1 aromatic heterocycles. The first kappa shape index (κ1) is 26.2. The van der Waals surface area contributed by atoms with Crippen molar-refractivity contribution in [2.75, 3.05) is 39.8 Å². The maximum Gasteiger partial charge on any atom is 0.191 e. The second-order valence-corrected chi connectivity index (χ2v) is 10.8. The Kier molecular flexibility index (Phi) is 11.1. The van der Waals surface area contributed by atoms with Gasteiger partial charge in [-0.25, -0.2) is 0 Å². The third-order valence-corrected chi connectivity index (χ3v) is 8.57. The first-order valence-electron chi connectivity index (χ1n) is 12.8. The molecule has 2 aliphatic heterocycles. The summed E-state index contributed by atoms with van der Waals surface area (Å²) in [4.78, 5) is 11.9. The van der Waals surface area contributed by atoms with Crippen molar-refractivity contribution in [1.82, 2.24) is 20.4 Å². The monoisotopic (exact) mass is 573 g/mol. The summed E-state index contributed by atoms with van der Waals surface area (Å²) in [5, 5.41) is 9.51. The highest BCUT2D eigenvalue weighted by molar-refractivity contribution is 14.0. The topological polar surface area (TPSA) is 42.9 Å². The SMILES string of the molecule is CCNC(=NCC1CCCN(C)C1c1cccs1)NC1CCN(C2CCCCC2)CC1.I. The number of rotatable bonds is 6. The third kappa shape index (κ3) is 7.06. The van der Waals surface area contributed by atoms with Crippen LogP contribution in [-0.2, 0) is 0 Å². The van der Waals surface area contributed by atoms with Gasteiger partial charge < -0.3 is 15.5 Å². The molecule has 1 aromatic rings. The number of hydrogen-bond acceptors (Lipinski definition) is 4. The van der Waals surface area contributed by atoms with Crippen LogP contribution < -0.4 is 10.6 Å². The standard InChI is InChI=1S/C25H43N5S.HI/c1-3-26-25(28-21-13-16-30(17-14-21)22-10-5-4-6-11-22)27-19-20-9-7-15-29(2)24(20)23-12-8-18-31-23;/h8,12,18,20-22,24H,3-7,9-11,13-17,19H2,1-2H3,(H2,26,27,28);1H. The van der Waals surface area contributed by atoms with E-state index < -0.39 is 0 Å². The molecule has 3 heterocycles. The summed E-state index contributed by atoms with van der Waals surface area (Å²) in [6.07, 6.45) is 12.2. The first-order chi connectivity index (χ1) is 15.2. The predicted molar refractivity (Wildman–Crippen MR) is 148 cm³/mol. The summed E-state index contributed by atoms with van der Waals surface area (Å²) in [5.41, 5.74) is 0. The van der Waals surface area contributed by atoms with Crippen LogP contribution >= 0.6 is 35.3 Å². The van der Waals surface area contributed by atoms with Crippen molar-refractivity contribution >= 4 is 41.3 Å². The highest BCUT2D eigenvalue weighted by Gasteiger charge is 2.31. The minimum Gasteiger partial charge on any atom is -0.357 e. The molecule has 2 N–H and O–H groups in total. The Balaban J connectivity index is 0.00000289. The normalized spacial score (nSPS) is 27.1. The fraction of sp³-hybridized carbons (Fsp3) is 0.800. The van der Waals surface area contributed by atoms with Crippen molar-refractivity contribution < 1.29 is 0 Å². The average molecular weight is 574 g/mol. The minimum absolute atomic E-state index is 0. The molecular formula is C25H44IN5S. The fourth-order valence-electron chi connectivity index (χ4n) is 5.94. The van der Waals surface area contributed by atoms with E-state index in [2.05, 4.69) is 51.9 Å². The van der Waals surface area contributed by atoms with E-state index in [0.29, 0.717) is 18.0 Å². The number of piperidine rings is 2. The van der Waals surface area contributed by atoms with Gasteiger partial charge in [-0.05, 0) is 76.4 Å². The zero-order chi connectivity index (χ0) is 21.5. The number of guanidine groups is 1. The molecule has 2 atom stereocenters. The van der Waals surface area contributed by atoms with Gasteiger partial charge in [-0.1, -0.05) is 25.3 Å². The lowest BCUT2D eigenvalue weighted by Gasteiger charge is -2.40. The van der Waals surface area contributed by atoms with E-state index in [1.54, 1.807) is 0 Å². The number of nitrogens with one attached hydrogen (secondary N) is 2.